The summed E-state index contributed by atoms with van der Waals surface area (Å²) in [5.74, 6) is 0.890. The van der Waals surface area contributed by atoms with Gasteiger partial charge in [-0.3, -0.25) is 4.79 Å². The molecule has 1 saturated heterocycles. The second kappa shape index (κ2) is 6.38. The summed E-state index contributed by atoms with van der Waals surface area (Å²) in [4.78, 5) is 14.0. The highest BCUT2D eigenvalue weighted by Gasteiger charge is 2.25. The second-order valence-corrected chi connectivity index (χ2v) is 4.45. The molecule has 102 valence electrons. The fourth-order valence-corrected chi connectivity index (χ4v) is 2.19. The maximum Gasteiger partial charge on any atom is 0.249 e. The van der Waals surface area contributed by atoms with Gasteiger partial charge >= 0.3 is 0 Å². The van der Waals surface area contributed by atoms with Crippen LogP contribution in [0.2, 0.25) is 0 Å². The minimum absolute atomic E-state index is 0.1000. The van der Waals surface area contributed by atoms with Crippen molar-refractivity contribution < 1.29 is 14.3 Å². The van der Waals surface area contributed by atoms with Crippen molar-refractivity contribution in [1.82, 2.24) is 4.90 Å². The number of para-hydroxylation sites is 1. The molecule has 4 nitrogen and oxygen atoms in total. The third-order valence-corrected chi connectivity index (χ3v) is 3.25. The maximum absolute atomic E-state index is 12.2. The van der Waals surface area contributed by atoms with E-state index in [0.717, 1.165) is 29.9 Å². The number of likely N-dealkylation sites (tertiary alicyclic amines) is 1. The molecule has 0 bridgehead atoms. The Kier molecular flexibility index (Phi) is 4.58. The normalized spacial score (nSPS) is 17.3. The lowest BCUT2D eigenvalue weighted by atomic mass is 10.1. The van der Waals surface area contributed by atoms with Crippen molar-refractivity contribution in [3.05, 3.63) is 35.4 Å². The van der Waals surface area contributed by atoms with Crippen LogP contribution in [-0.2, 0) is 9.53 Å². The third-order valence-electron chi connectivity index (χ3n) is 3.25. The van der Waals surface area contributed by atoms with Crippen LogP contribution >= 0.6 is 0 Å². The number of hydrogen-bond donors (Lipinski definition) is 0. The quantitative estimate of drug-likeness (QED) is 0.761. The molecule has 0 spiro atoms. The Balaban J connectivity index is 2.14. The van der Waals surface area contributed by atoms with Crippen LogP contribution in [-0.4, -0.2) is 44.7 Å². The molecule has 0 unspecified atom stereocenters. The third kappa shape index (κ3) is 3.15. The van der Waals surface area contributed by atoms with Gasteiger partial charge in [0, 0.05) is 31.3 Å². The number of amides is 1. The Hall–Kier alpha value is -1.81. The van der Waals surface area contributed by atoms with E-state index in [1.54, 1.807) is 14.2 Å². The molecule has 0 aromatic heterocycles. The van der Waals surface area contributed by atoms with Crippen molar-refractivity contribution in [1.29, 1.82) is 0 Å². The molecule has 1 heterocycles. The minimum atomic E-state index is 0.1000. The molecular formula is C15H19NO3. The number of ether oxygens (including phenoxy) is 2. The first kappa shape index (κ1) is 13.6. The average molecular weight is 261 g/mol. The van der Waals surface area contributed by atoms with Crippen LogP contribution in [0, 0.1) is 0 Å². The monoisotopic (exact) mass is 261 g/mol. The minimum Gasteiger partial charge on any atom is -0.496 e. The van der Waals surface area contributed by atoms with Crippen molar-refractivity contribution in [3.63, 3.8) is 0 Å². The maximum atomic E-state index is 12.2. The molecule has 1 aliphatic rings. The molecule has 0 saturated carbocycles. The summed E-state index contributed by atoms with van der Waals surface area (Å²) in [5, 5.41) is 0. The number of rotatable bonds is 5. The number of methoxy groups -OCH3 is 2. The van der Waals surface area contributed by atoms with E-state index in [-0.39, 0.29) is 5.91 Å². The SMILES string of the molecule is COCCN1CCC(=Cc2ccccc2OC)C1=O. The smallest absolute Gasteiger partial charge is 0.249 e. The van der Waals surface area contributed by atoms with Crippen molar-refractivity contribution >= 4 is 12.0 Å². The fraction of sp³-hybridized carbons (Fsp3) is 0.400. The molecule has 0 N–H and O–H groups in total. The molecular weight excluding hydrogens is 242 g/mol. The Bertz CT molecular complexity index is 482. The molecule has 4 heteroatoms. The van der Waals surface area contributed by atoms with E-state index in [1.165, 1.54) is 0 Å². The number of benzene rings is 1. The van der Waals surface area contributed by atoms with Crippen molar-refractivity contribution in [2.75, 3.05) is 33.9 Å². The van der Waals surface area contributed by atoms with E-state index in [9.17, 15) is 4.79 Å². The molecule has 0 radical (unpaired) electrons. The van der Waals surface area contributed by atoms with Crippen LogP contribution in [0.15, 0.2) is 29.8 Å². The first-order valence-corrected chi connectivity index (χ1v) is 6.38. The van der Waals surface area contributed by atoms with E-state index in [0.29, 0.717) is 13.2 Å². The number of carbonyl (C=O) groups is 1. The van der Waals surface area contributed by atoms with Gasteiger partial charge in [-0.2, -0.15) is 0 Å². The Morgan fingerprint density at radius 1 is 1.32 bits per heavy atom. The summed E-state index contributed by atoms with van der Waals surface area (Å²) in [7, 11) is 3.28. The van der Waals surface area contributed by atoms with Gasteiger partial charge in [-0.25, -0.2) is 0 Å². The zero-order valence-corrected chi connectivity index (χ0v) is 11.4. The van der Waals surface area contributed by atoms with Gasteiger partial charge in [0.05, 0.1) is 13.7 Å². The number of hydrogen-bond acceptors (Lipinski definition) is 3. The second-order valence-electron chi connectivity index (χ2n) is 4.45. The lowest BCUT2D eigenvalue weighted by Crippen LogP contribution is -2.28. The summed E-state index contributed by atoms with van der Waals surface area (Å²) in [6, 6.07) is 7.71. The van der Waals surface area contributed by atoms with Crippen molar-refractivity contribution in [2.45, 2.75) is 6.42 Å². The molecule has 0 aliphatic carbocycles. The predicted molar refractivity (Wildman–Crippen MR) is 74.0 cm³/mol. The van der Waals surface area contributed by atoms with Crippen LogP contribution in [0.25, 0.3) is 6.08 Å². The van der Waals surface area contributed by atoms with Crippen LogP contribution in [0.3, 0.4) is 0 Å². The Morgan fingerprint density at radius 3 is 2.84 bits per heavy atom. The lowest BCUT2D eigenvalue weighted by Gasteiger charge is -2.13. The first-order chi connectivity index (χ1) is 9.26. The molecule has 1 aliphatic heterocycles. The van der Waals surface area contributed by atoms with Gasteiger partial charge in [-0.05, 0) is 18.6 Å². The average Bonchev–Trinajstić information content (AvgIpc) is 2.78. The zero-order chi connectivity index (χ0) is 13.7. The van der Waals surface area contributed by atoms with Gasteiger partial charge in [0.1, 0.15) is 5.75 Å². The zero-order valence-electron chi connectivity index (χ0n) is 11.4. The summed E-state index contributed by atoms with van der Waals surface area (Å²) in [6.45, 7) is 2.00. The highest BCUT2D eigenvalue weighted by Crippen LogP contribution is 2.25. The Labute approximate surface area is 113 Å². The molecule has 1 amide bonds. The van der Waals surface area contributed by atoms with E-state index < -0.39 is 0 Å². The number of carbonyl (C=O) groups excluding carboxylic acids is 1. The van der Waals surface area contributed by atoms with Gasteiger partial charge in [0.25, 0.3) is 0 Å². The van der Waals surface area contributed by atoms with Gasteiger partial charge < -0.3 is 14.4 Å². The topological polar surface area (TPSA) is 38.8 Å². The first-order valence-electron chi connectivity index (χ1n) is 6.38. The largest absolute Gasteiger partial charge is 0.496 e. The molecule has 1 aromatic rings. The van der Waals surface area contributed by atoms with Crippen LogP contribution in [0.4, 0.5) is 0 Å². The van der Waals surface area contributed by atoms with Crippen LogP contribution in [0.1, 0.15) is 12.0 Å². The predicted octanol–water partition coefficient (Wildman–Crippen LogP) is 1.96. The van der Waals surface area contributed by atoms with Gasteiger partial charge in [-0.15, -0.1) is 0 Å². The van der Waals surface area contributed by atoms with Gasteiger partial charge in [0.15, 0.2) is 0 Å². The standard InChI is InChI=1S/C15H19NO3/c1-18-10-9-16-8-7-13(15(16)17)11-12-5-3-4-6-14(12)19-2/h3-6,11H,7-10H2,1-2H3. The summed E-state index contributed by atoms with van der Waals surface area (Å²) in [5.41, 5.74) is 1.78. The highest BCUT2D eigenvalue weighted by molar-refractivity contribution is 6.00. The molecule has 0 atom stereocenters. The van der Waals surface area contributed by atoms with E-state index in [2.05, 4.69) is 0 Å². The summed E-state index contributed by atoms with van der Waals surface area (Å²) < 4.78 is 10.3. The molecule has 19 heavy (non-hydrogen) atoms. The lowest BCUT2D eigenvalue weighted by molar-refractivity contribution is -0.125. The molecule has 2 rings (SSSR count). The van der Waals surface area contributed by atoms with Crippen molar-refractivity contribution in [3.8, 4) is 5.75 Å². The fourth-order valence-electron chi connectivity index (χ4n) is 2.19. The summed E-state index contributed by atoms with van der Waals surface area (Å²) >= 11 is 0. The van der Waals surface area contributed by atoms with Gasteiger partial charge in [-0.1, -0.05) is 18.2 Å². The Morgan fingerprint density at radius 2 is 2.11 bits per heavy atom. The van der Waals surface area contributed by atoms with E-state index in [1.807, 2.05) is 35.2 Å². The number of nitrogens with zero attached hydrogens (tertiary/aromatic N) is 1. The summed E-state index contributed by atoms with van der Waals surface area (Å²) in [6.07, 6.45) is 2.70. The highest BCUT2D eigenvalue weighted by atomic mass is 16.5. The van der Waals surface area contributed by atoms with Crippen molar-refractivity contribution in [2.24, 2.45) is 0 Å². The van der Waals surface area contributed by atoms with E-state index in [4.69, 9.17) is 9.47 Å². The molecule has 1 fully saturated rings. The van der Waals surface area contributed by atoms with Crippen LogP contribution in [0.5, 0.6) is 5.75 Å². The van der Waals surface area contributed by atoms with Gasteiger partial charge in [0.2, 0.25) is 5.91 Å². The van der Waals surface area contributed by atoms with E-state index >= 15 is 0 Å². The van der Waals surface area contributed by atoms with Crippen LogP contribution < -0.4 is 4.74 Å². The molecule has 1 aromatic carbocycles.